The number of halogens is 2. The van der Waals surface area contributed by atoms with Crippen molar-refractivity contribution in [2.75, 3.05) is 13.1 Å². The molecule has 0 N–H and O–H groups in total. The molecule has 0 aliphatic carbocycles. The second-order valence-corrected chi connectivity index (χ2v) is 9.00. The smallest absolute Gasteiger partial charge is 0.254 e. The van der Waals surface area contributed by atoms with Crippen LogP contribution in [0.25, 0.3) is 5.57 Å². The highest BCUT2D eigenvalue weighted by Gasteiger charge is 2.37. The normalized spacial score (nSPS) is 16.7. The summed E-state index contributed by atoms with van der Waals surface area (Å²) in [5, 5.41) is 9.92. The van der Waals surface area contributed by atoms with Gasteiger partial charge in [0.15, 0.2) is 0 Å². The van der Waals surface area contributed by atoms with Crippen LogP contribution in [0.1, 0.15) is 51.3 Å². The lowest BCUT2D eigenvalue weighted by Gasteiger charge is -2.37. The van der Waals surface area contributed by atoms with Gasteiger partial charge in [0, 0.05) is 30.9 Å². The average Bonchev–Trinajstić information content (AvgIpc) is 2.86. The van der Waals surface area contributed by atoms with Crippen LogP contribution in [-0.2, 0) is 11.2 Å². The predicted octanol–water partition coefficient (Wildman–Crippen LogP) is 5.82. The largest absolute Gasteiger partial charge is 0.339 e. The second-order valence-electron chi connectivity index (χ2n) is 9.00. The maximum Gasteiger partial charge on any atom is 0.254 e. The summed E-state index contributed by atoms with van der Waals surface area (Å²) < 4.78 is 27.3. The molecular formula is C28H30F2N4O. The third-order valence-electron chi connectivity index (χ3n) is 6.51. The molecule has 1 aliphatic rings. The fourth-order valence-electron chi connectivity index (χ4n) is 4.17. The van der Waals surface area contributed by atoms with Gasteiger partial charge in [-0.1, -0.05) is 24.6 Å². The van der Waals surface area contributed by atoms with Crippen molar-refractivity contribution in [2.24, 2.45) is 5.41 Å². The van der Waals surface area contributed by atoms with Crippen LogP contribution in [0.2, 0.25) is 0 Å². The van der Waals surface area contributed by atoms with E-state index in [4.69, 9.17) is 0 Å². The molecule has 1 saturated heterocycles. The van der Waals surface area contributed by atoms with Crippen molar-refractivity contribution in [3.05, 3.63) is 89.1 Å². The van der Waals surface area contributed by atoms with E-state index < -0.39 is 17.0 Å². The molecule has 0 radical (unpaired) electrons. The van der Waals surface area contributed by atoms with E-state index in [0.29, 0.717) is 42.8 Å². The molecule has 0 bridgehead atoms. The first-order chi connectivity index (χ1) is 16.8. The first-order valence-corrected chi connectivity index (χ1v) is 11.7. The van der Waals surface area contributed by atoms with Crippen LogP contribution >= 0.6 is 0 Å². The zero-order chi connectivity index (χ0) is 25.4. The number of nitriles is 1. The van der Waals surface area contributed by atoms with Crippen LogP contribution in [0.3, 0.4) is 0 Å². The summed E-state index contributed by atoms with van der Waals surface area (Å²) in [6.07, 6.45) is 10.7. The van der Waals surface area contributed by atoms with Crippen LogP contribution in [0.4, 0.5) is 8.78 Å². The summed E-state index contributed by atoms with van der Waals surface area (Å²) in [6, 6.07) is 7.48. The van der Waals surface area contributed by atoms with Gasteiger partial charge in [-0.3, -0.25) is 4.79 Å². The lowest BCUT2D eigenvalue weighted by molar-refractivity contribution is -0.128. The predicted molar refractivity (Wildman–Crippen MR) is 132 cm³/mol. The van der Waals surface area contributed by atoms with E-state index in [2.05, 4.69) is 23.0 Å². The molecule has 0 atom stereocenters. The molecular weight excluding hydrogens is 446 g/mol. The molecule has 0 saturated carbocycles. The minimum atomic E-state index is -0.778. The standard InChI is InChI=1S/C28H30F2N4O/c1-4-20(2)6-5-7-25(21(3)26-8-11-32-19-33-26)27(35)34-12-9-28(18-31,10-13-34)17-22-14-23(29)16-24(30)15-22/h5-8,11,14-16,19H,4,9-10,12-13,17H2,1-3H3/b7-5-,20-6+,25-21-. The molecule has 182 valence electrons. The number of nitrogens with zero attached hydrogens (tertiary/aromatic N) is 4. The molecule has 2 aromatic rings. The fraction of sp³-hybridized carbons (Fsp3) is 0.357. The van der Waals surface area contributed by atoms with Gasteiger partial charge in [0.1, 0.15) is 18.0 Å². The minimum absolute atomic E-state index is 0.136. The van der Waals surface area contributed by atoms with Gasteiger partial charge in [0.05, 0.1) is 17.2 Å². The highest BCUT2D eigenvalue weighted by Crippen LogP contribution is 2.35. The number of carbonyl (C=O) groups is 1. The molecule has 1 aromatic heterocycles. The van der Waals surface area contributed by atoms with Crippen LogP contribution in [-0.4, -0.2) is 33.9 Å². The highest BCUT2D eigenvalue weighted by atomic mass is 19.1. The Morgan fingerprint density at radius 3 is 2.46 bits per heavy atom. The zero-order valence-corrected chi connectivity index (χ0v) is 20.4. The third-order valence-corrected chi connectivity index (χ3v) is 6.51. The molecule has 1 aromatic carbocycles. The van der Waals surface area contributed by atoms with E-state index in [0.717, 1.165) is 18.1 Å². The van der Waals surface area contributed by atoms with Gasteiger partial charge in [0.2, 0.25) is 0 Å². The Morgan fingerprint density at radius 2 is 1.89 bits per heavy atom. The van der Waals surface area contributed by atoms with E-state index in [1.54, 1.807) is 23.2 Å². The van der Waals surface area contributed by atoms with Crippen LogP contribution in [0, 0.1) is 28.4 Å². The number of likely N-dealkylation sites (tertiary alicyclic amines) is 1. The molecule has 7 heteroatoms. The van der Waals surface area contributed by atoms with Gasteiger partial charge in [-0.25, -0.2) is 18.7 Å². The van der Waals surface area contributed by atoms with E-state index in [1.807, 2.05) is 26.0 Å². The second kappa shape index (κ2) is 11.7. The fourth-order valence-corrected chi connectivity index (χ4v) is 4.17. The van der Waals surface area contributed by atoms with Gasteiger partial charge in [-0.15, -0.1) is 0 Å². The van der Waals surface area contributed by atoms with E-state index in [1.165, 1.54) is 24.0 Å². The Hall–Kier alpha value is -3.66. The minimum Gasteiger partial charge on any atom is -0.339 e. The van der Waals surface area contributed by atoms with Crippen molar-refractivity contribution in [3.63, 3.8) is 0 Å². The number of allylic oxidation sites excluding steroid dienone is 4. The van der Waals surface area contributed by atoms with Crippen molar-refractivity contribution < 1.29 is 13.6 Å². The summed E-state index contributed by atoms with van der Waals surface area (Å²) in [5.74, 6) is -1.45. The van der Waals surface area contributed by atoms with Gasteiger partial charge >= 0.3 is 0 Å². The third kappa shape index (κ3) is 6.69. The number of hydrogen-bond donors (Lipinski definition) is 0. The van der Waals surface area contributed by atoms with Crippen molar-refractivity contribution in [1.82, 2.24) is 14.9 Å². The molecule has 2 heterocycles. The Balaban J connectivity index is 1.82. The van der Waals surface area contributed by atoms with Gasteiger partial charge in [-0.2, -0.15) is 5.26 Å². The van der Waals surface area contributed by atoms with Crippen molar-refractivity contribution >= 4 is 11.5 Å². The maximum absolute atomic E-state index is 13.7. The van der Waals surface area contributed by atoms with Crippen LogP contribution in [0.15, 0.2) is 66.2 Å². The molecule has 1 fully saturated rings. The molecule has 35 heavy (non-hydrogen) atoms. The molecule has 5 nitrogen and oxygen atoms in total. The average molecular weight is 477 g/mol. The monoisotopic (exact) mass is 476 g/mol. The number of aromatic nitrogens is 2. The number of piperidine rings is 1. The number of amides is 1. The Morgan fingerprint density at radius 1 is 1.20 bits per heavy atom. The molecule has 1 amide bonds. The molecule has 3 rings (SSSR count). The quantitative estimate of drug-likeness (QED) is 0.373. The highest BCUT2D eigenvalue weighted by molar-refractivity contribution is 6.03. The van der Waals surface area contributed by atoms with Gasteiger partial charge in [0.25, 0.3) is 5.91 Å². The topological polar surface area (TPSA) is 69.9 Å². The van der Waals surface area contributed by atoms with Crippen molar-refractivity contribution in [2.45, 2.75) is 46.5 Å². The van der Waals surface area contributed by atoms with E-state index in [9.17, 15) is 18.8 Å². The SMILES string of the molecule is CC/C(C)=C/C=C\C(C(=O)N1CCC(C#N)(Cc2cc(F)cc(F)c2)CC1)=C(/C)c1ccncn1. The zero-order valence-electron chi connectivity index (χ0n) is 20.4. The first-order valence-electron chi connectivity index (χ1n) is 11.7. The first kappa shape index (κ1) is 26.0. The van der Waals surface area contributed by atoms with Gasteiger partial charge < -0.3 is 4.90 Å². The Kier molecular flexibility index (Phi) is 8.64. The summed E-state index contributed by atoms with van der Waals surface area (Å²) in [6.45, 7) is 6.72. The lowest BCUT2D eigenvalue weighted by atomic mass is 9.75. The maximum atomic E-state index is 13.7. The van der Waals surface area contributed by atoms with Crippen molar-refractivity contribution in [1.29, 1.82) is 5.26 Å². The summed E-state index contributed by atoms with van der Waals surface area (Å²) in [4.78, 5) is 23.6. The van der Waals surface area contributed by atoms with Crippen LogP contribution in [0.5, 0.6) is 0 Å². The molecule has 1 aliphatic heterocycles. The van der Waals surface area contributed by atoms with Gasteiger partial charge in [-0.05, 0) is 74.9 Å². The number of rotatable bonds is 7. The van der Waals surface area contributed by atoms with Crippen LogP contribution < -0.4 is 0 Å². The number of carbonyl (C=O) groups excluding carboxylic acids is 1. The lowest BCUT2D eigenvalue weighted by Crippen LogP contribution is -2.44. The Bertz CT molecular complexity index is 1170. The number of benzene rings is 1. The van der Waals surface area contributed by atoms with E-state index >= 15 is 0 Å². The summed E-state index contributed by atoms with van der Waals surface area (Å²) in [5.41, 5.74) is 2.80. The van der Waals surface area contributed by atoms with E-state index in [-0.39, 0.29) is 12.3 Å². The Labute approximate surface area is 205 Å². The molecule has 0 spiro atoms. The summed E-state index contributed by atoms with van der Waals surface area (Å²) >= 11 is 0. The van der Waals surface area contributed by atoms with Crippen molar-refractivity contribution in [3.8, 4) is 6.07 Å². The number of hydrogen-bond acceptors (Lipinski definition) is 4. The summed E-state index contributed by atoms with van der Waals surface area (Å²) in [7, 11) is 0. The molecule has 0 unspecified atom stereocenters.